The Balaban J connectivity index is 2.91. The van der Waals surface area contributed by atoms with Crippen LogP contribution in [0, 0.1) is 0 Å². The predicted molar refractivity (Wildman–Crippen MR) is 51.7 cm³/mol. The van der Waals surface area contributed by atoms with E-state index in [1.165, 1.54) is 6.07 Å². The Morgan fingerprint density at radius 2 is 2.15 bits per heavy atom. The van der Waals surface area contributed by atoms with Gasteiger partial charge in [0.1, 0.15) is 5.75 Å². The second kappa shape index (κ2) is 4.46. The summed E-state index contributed by atoms with van der Waals surface area (Å²) in [6.07, 6.45) is 0.411. The van der Waals surface area contributed by atoms with Crippen molar-refractivity contribution >= 4 is 11.6 Å². The first-order chi connectivity index (χ1) is 6.15. The number of halogens is 1. The summed E-state index contributed by atoms with van der Waals surface area (Å²) in [5.41, 5.74) is 6.27. The maximum absolute atomic E-state index is 9.41. The predicted octanol–water partition coefficient (Wildman–Crippen LogP) is 1.43. The second-order valence-electron chi connectivity index (χ2n) is 2.82. The first-order valence-electron chi connectivity index (χ1n) is 4.00. The van der Waals surface area contributed by atoms with E-state index in [-0.39, 0.29) is 18.4 Å². The normalized spacial score (nSPS) is 12.8. The van der Waals surface area contributed by atoms with Gasteiger partial charge in [0.15, 0.2) is 0 Å². The summed E-state index contributed by atoms with van der Waals surface area (Å²) in [5, 5.41) is 18.6. The molecule has 0 aliphatic rings. The van der Waals surface area contributed by atoms with E-state index in [2.05, 4.69) is 0 Å². The minimum absolute atomic E-state index is 0.00683. The van der Waals surface area contributed by atoms with Crippen LogP contribution < -0.4 is 5.73 Å². The number of hydrogen-bond donors (Lipinski definition) is 3. The van der Waals surface area contributed by atoms with Crippen LogP contribution in [0.1, 0.15) is 18.0 Å². The Labute approximate surface area is 81.8 Å². The first-order valence-corrected chi connectivity index (χ1v) is 4.38. The molecule has 1 aromatic rings. The Morgan fingerprint density at radius 1 is 1.46 bits per heavy atom. The third kappa shape index (κ3) is 2.59. The Hall–Kier alpha value is -0.770. The lowest BCUT2D eigenvalue weighted by atomic mass is 10.0. The van der Waals surface area contributed by atoms with Crippen LogP contribution in [0.5, 0.6) is 5.75 Å². The first kappa shape index (κ1) is 10.3. The maximum atomic E-state index is 9.41. The van der Waals surface area contributed by atoms with Crippen molar-refractivity contribution in [1.82, 2.24) is 0 Å². The highest BCUT2D eigenvalue weighted by atomic mass is 35.5. The van der Waals surface area contributed by atoms with Gasteiger partial charge in [0.25, 0.3) is 0 Å². The molecule has 0 amide bonds. The maximum Gasteiger partial charge on any atom is 0.120 e. The number of aromatic hydroxyl groups is 1. The van der Waals surface area contributed by atoms with E-state index in [1.54, 1.807) is 12.1 Å². The highest BCUT2D eigenvalue weighted by Crippen LogP contribution is 2.27. The lowest BCUT2D eigenvalue weighted by Gasteiger charge is -2.12. The molecule has 0 aromatic heterocycles. The zero-order chi connectivity index (χ0) is 9.84. The van der Waals surface area contributed by atoms with E-state index in [0.29, 0.717) is 17.0 Å². The highest BCUT2D eigenvalue weighted by molar-refractivity contribution is 6.30. The number of hydrogen-bond acceptors (Lipinski definition) is 3. The van der Waals surface area contributed by atoms with Crippen molar-refractivity contribution < 1.29 is 10.2 Å². The van der Waals surface area contributed by atoms with Gasteiger partial charge in [-0.2, -0.15) is 0 Å². The van der Waals surface area contributed by atoms with E-state index >= 15 is 0 Å². The minimum atomic E-state index is -0.372. The smallest absolute Gasteiger partial charge is 0.120 e. The van der Waals surface area contributed by atoms with Gasteiger partial charge in [-0.1, -0.05) is 11.6 Å². The molecule has 0 radical (unpaired) electrons. The van der Waals surface area contributed by atoms with Gasteiger partial charge in [-0.15, -0.1) is 0 Å². The van der Waals surface area contributed by atoms with Crippen LogP contribution in [0.25, 0.3) is 0 Å². The number of aliphatic hydroxyl groups is 1. The number of rotatable bonds is 3. The molecule has 1 atom stereocenters. The molecule has 3 nitrogen and oxygen atoms in total. The largest absolute Gasteiger partial charge is 0.508 e. The zero-order valence-corrected chi connectivity index (χ0v) is 7.83. The van der Waals surface area contributed by atoms with Gasteiger partial charge >= 0.3 is 0 Å². The summed E-state index contributed by atoms with van der Waals surface area (Å²) in [6.45, 7) is -0.00683. The number of benzene rings is 1. The number of nitrogens with two attached hydrogens (primary N) is 1. The molecule has 0 fully saturated rings. The average Bonchev–Trinajstić information content (AvgIpc) is 2.09. The fraction of sp³-hybridized carbons (Fsp3) is 0.333. The number of phenolic OH excluding ortho intramolecular Hbond substituents is 1. The van der Waals surface area contributed by atoms with Crippen LogP contribution in [0.15, 0.2) is 18.2 Å². The quantitative estimate of drug-likeness (QED) is 0.693. The molecule has 4 heteroatoms. The lowest BCUT2D eigenvalue weighted by Crippen LogP contribution is -2.11. The molecule has 4 N–H and O–H groups in total. The Morgan fingerprint density at radius 3 is 2.77 bits per heavy atom. The monoisotopic (exact) mass is 201 g/mol. The molecule has 0 saturated heterocycles. The molecule has 0 saturated carbocycles. The average molecular weight is 202 g/mol. The molecular formula is C9H12ClNO2. The van der Waals surface area contributed by atoms with Crippen LogP contribution in [-0.2, 0) is 0 Å². The third-order valence-corrected chi connectivity index (χ3v) is 2.06. The van der Waals surface area contributed by atoms with Crippen molar-refractivity contribution in [3.8, 4) is 5.75 Å². The fourth-order valence-electron chi connectivity index (χ4n) is 1.12. The van der Waals surface area contributed by atoms with Gasteiger partial charge in [0.2, 0.25) is 0 Å². The van der Waals surface area contributed by atoms with Crippen LogP contribution in [0.3, 0.4) is 0 Å². The molecule has 0 spiro atoms. The van der Waals surface area contributed by atoms with Crippen LogP contribution in [-0.4, -0.2) is 16.8 Å². The highest BCUT2D eigenvalue weighted by Gasteiger charge is 2.10. The summed E-state index contributed by atoms with van der Waals surface area (Å²) in [6, 6.07) is 4.32. The van der Waals surface area contributed by atoms with Crippen LogP contribution in [0.4, 0.5) is 0 Å². The summed E-state index contributed by atoms with van der Waals surface area (Å²) < 4.78 is 0. The van der Waals surface area contributed by atoms with Crippen molar-refractivity contribution in [3.05, 3.63) is 28.8 Å². The van der Waals surface area contributed by atoms with Crippen molar-refractivity contribution in [2.45, 2.75) is 12.5 Å². The van der Waals surface area contributed by atoms with Crippen molar-refractivity contribution in [1.29, 1.82) is 0 Å². The zero-order valence-electron chi connectivity index (χ0n) is 7.07. The van der Waals surface area contributed by atoms with Gasteiger partial charge in [-0.25, -0.2) is 0 Å². The summed E-state index contributed by atoms with van der Waals surface area (Å²) in [7, 11) is 0. The summed E-state index contributed by atoms with van der Waals surface area (Å²) in [5.74, 6) is 0.116. The molecular weight excluding hydrogens is 190 g/mol. The molecule has 1 rings (SSSR count). The van der Waals surface area contributed by atoms with Gasteiger partial charge in [-0.05, 0) is 24.6 Å². The van der Waals surface area contributed by atoms with E-state index in [1.807, 2.05) is 0 Å². The van der Waals surface area contributed by atoms with Crippen molar-refractivity contribution in [2.75, 3.05) is 6.61 Å². The van der Waals surface area contributed by atoms with Gasteiger partial charge in [0.05, 0.1) is 0 Å². The van der Waals surface area contributed by atoms with Crippen molar-refractivity contribution in [3.63, 3.8) is 0 Å². The summed E-state index contributed by atoms with van der Waals surface area (Å²) >= 11 is 5.73. The fourth-order valence-corrected chi connectivity index (χ4v) is 1.30. The molecule has 13 heavy (non-hydrogen) atoms. The van der Waals surface area contributed by atoms with E-state index < -0.39 is 0 Å². The van der Waals surface area contributed by atoms with Crippen LogP contribution >= 0.6 is 11.6 Å². The number of aliphatic hydroxyl groups excluding tert-OH is 1. The summed E-state index contributed by atoms with van der Waals surface area (Å²) in [4.78, 5) is 0. The topological polar surface area (TPSA) is 66.5 Å². The molecule has 0 aliphatic carbocycles. The van der Waals surface area contributed by atoms with E-state index in [4.69, 9.17) is 22.4 Å². The molecule has 1 unspecified atom stereocenters. The molecule has 0 heterocycles. The third-order valence-electron chi connectivity index (χ3n) is 1.83. The van der Waals surface area contributed by atoms with Gasteiger partial charge in [-0.3, -0.25) is 0 Å². The molecule has 72 valence electrons. The van der Waals surface area contributed by atoms with Crippen LogP contribution in [0.2, 0.25) is 5.02 Å². The van der Waals surface area contributed by atoms with E-state index in [9.17, 15) is 5.11 Å². The van der Waals surface area contributed by atoms with E-state index in [0.717, 1.165) is 0 Å². The molecule has 1 aromatic carbocycles. The molecule has 0 aliphatic heterocycles. The van der Waals surface area contributed by atoms with Gasteiger partial charge in [0, 0.05) is 23.2 Å². The lowest BCUT2D eigenvalue weighted by molar-refractivity contribution is 0.275. The minimum Gasteiger partial charge on any atom is -0.508 e. The van der Waals surface area contributed by atoms with Gasteiger partial charge < -0.3 is 15.9 Å². The Kier molecular flexibility index (Phi) is 3.54. The standard InChI is InChI=1S/C9H12ClNO2/c10-6-1-2-9(13)7(5-6)8(11)3-4-12/h1-2,5,8,12-13H,3-4,11H2. The number of phenols is 1. The second-order valence-corrected chi connectivity index (χ2v) is 3.26. The Bertz CT molecular complexity index is 291. The van der Waals surface area contributed by atoms with Crippen molar-refractivity contribution in [2.24, 2.45) is 5.73 Å². The SMILES string of the molecule is NC(CCO)c1cc(Cl)ccc1O. The molecule has 0 bridgehead atoms.